The van der Waals surface area contributed by atoms with Crippen molar-refractivity contribution in [1.29, 1.82) is 0 Å². The van der Waals surface area contributed by atoms with Gasteiger partial charge in [0.15, 0.2) is 5.78 Å². The van der Waals surface area contributed by atoms with Crippen LogP contribution in [-0.2, 0) is 5.75 Å². The van der Waals surface area contributed by atoms with Gasteiger partial charge in [0.2, 0.25) is 11.9 Å². The van der Waals surface area contributed by atoms with Crippen molar-refractivity contribution in [2.45, 2.75) is 38.5 Å². The van der Waals surface area contributed by atoms with Crippen LogP contribution in [0.4, 0.5) is 11.9 Å². The Kier molecular flexibility index (Phi) is 4.99. The Labute approximate surface area is 152 Å². The molecule has 3 rings (SSSR count). The number of nitrogens with two attached hydrogens (primary N) is 1. The quantitative estimate of drug-likeness (QED) is 0.758. The van der Waals surface area contributed by atoms with Crippen LogP contribution in [0.3, 0.4) is 0 Å². The van der Waals surface area contributed by atoms with E-state index in [9.17, 15) is 4.79 Å². The van der Waals surface area contributed by atoms with Gasteiger partial charge in [-0.05, 0) is 32.8 Å². The average Bonchev–Trinajstić information content (AvgIpc) is 3.32. The van der Waals surface area contributed by atoms with Crippen LogP contribution < -0.4 is 10.6 Å². The molecule has 0 amide bonds. The third-order valence-electron chi connectivity index (χ3n) is 4.25. The van der Waals surface area contributed by atoms with Crippen molar-refractivity contribution in [2.24, 2.45) is 0 Å². The number of nitrogen functional groups attached to an aromatic ring is 1. The van der Waals surface area contributed by atoms with Crippen molar-refractivity contribution in [2.75, 3.05) is 30.5 Å². The van der Waals surface area contributed by atoms with Crippen molar-refractivity contribution < 1.29 is 4.79 Å². The Hall–Kier alpha value is -2.09. The van der Waals surface area contributed by atoms with Gasteiger partial charge in [-0.3, -0.25) is 4.79 Å². The average molecular weight is 360 g/mol. The van der Waals surface area contributed by atoms with Crippen LogP contribution in [0, 0.1) is 13.8 Å². The fourth-order valence-corrected chi connectivity index (χ4v) is 3.71. The first kappa shape index (κ1) is 17.7. The molecule has 1 saturated carbocycles. The Balaban J connectivity index is 1.63. The third kappa shape index (κ3) is 3.95. The van der Waals surface area contributed by atoms with Crippen LogP contribution in [0.1, 0.15) is 46.5 Å². The molecule has 0 spiro atoms. The molecule has 0 aromatic carbocycles. The number of rotatable bonds is 7. The highest BCUT2D eigenvalue weighted by Gasteiger charge is 2.28. The van der Waals surface area contributed by atoms with E-state index in [1.165, 1.54) is 30.3 Å². The maximum atomic E-state index is 12.6. The van der Waals surface area contributed by atoms with Gasteiger partial charge in [-0.15, -0.1) is 11.8 Å². The fraction of sp³-hybridized carbons (Fsp3) is 0.529. The molecule has 25 heavy (non-hydrogen) atoms. The van der Waals surface area contributed by atoms with E-state index >= 15 is 0 Å². The summed E-state index contributed by atoms with van der Waals surface area (Å²) in [5.41, 5.74) is 8.82. The number of aryl methyl sites for hydroxylation is 1. The molecule has 0 saturated heterocycles. The minimum absolute atomic E-state index is 0.153. The van der Waals surface area contributed by atoms with E-state index in [0.717, 1.165) is 11.3 Å². The highest BCUT2D eigenvalue weighted by molar-refractivity contribution is 7.99. The number of aromatic nitrogens is 4. The molecule has 2 heterocycles. The molecular weight excluding hydrogens is 336 g/mol. The van der Waals surface area contributed by atoms with Gasteiger partial charge in [-0.1, -0.05) is 0 Å². The molecule has 1 fully saturated rings. The zero-order chi connectivity index (χ0) is 18.1. The lowest BCUT2D eigenvalue weighted by Crippen LogP contribution is -2.16. The highest BCUT2D eigenvalue weighted by Crippen LogP contribution is 2.38. The number of Topliss-reactive ketones (excluding diaryl/α,β-unsaturated/α-hetero) is 1. The van der Waals surface area contributed by atoms with E-state index in [4.69, 9.17) is 5.73 Å². The Morgan fingerprint density at radius 2 is 2.04 bits per heavy atom. The predicted octanol–water partition coefficient (Wildman–Crippen LogP) is 2.39. The summed E-state index contributed by atoms with van der Waals surface area (Å²) in [5, 5.41) is 0. The second-order valence-electron chi connectivity index (χ2n) is 6.61. The van der Waals surface area contributed by atoms with Gasteiger partial charge in [0.1, 0.15) is 5.82 Å². The number of anilines is 2. The SMILES string of the molecule is Cc1cc(C(=O)CSCc2nc(N)nc(N(C)C)n2)c(C)n1C1CC1. The minimum Gasteiger partial charge on any atom is -0.368 e. The first-order valence-corrected chi connectivity index (χ1v) is 9.49. The third-order valence-corrected chi connectivity index (χ3v) is 5.18. The van der Waals surface area contributed by atoms with E-state index < -0.39 is 0 Å². The summed E-state index contributed by atoms with van der Waals surface area (Å²) in [5.74, 6) is 2.41. The Bertz CT molecular complexity index is 797. The standard InChI is InChI=1S/C17H24N6OS/c1-10-7-13(11(2)23(10)12-5-6-12)14(24)8-25-9-15-19-16(18)21-17(20-15)22(3)4/h7,12H,5-6,8-9H2,1-4H3,(H2,18,19,20,21). The van der Waals surface area contributed by atoms with Crippen LogP contribution in [-0.4, -0.2) is 45.2 Å². The summed E-state index contributed by atoms with van der Waals surface area (Å²) in [6, 6.07) is 2.61. The van der Waals surface area contributed by atoms with Gasteiger partial charge in [-0.2, -0.15) is 15.0 Å². The molecule has 0 atom stereocenters. The molecule has 0 radical (unpaired) electrons. The van der Waals surface area contributed by atoms with Crippen LogP contribution in [0.15, 0.2) is 6.07 Å². The normalized spacial score (nSPS) is 13.9. The summed E-state index contributed by atoms with van der Waals surface area (Å²) < 4.78 is 2.30. The molecule has 2 N–H and O–H groups in total. The van der Waals surface area contributed by atoms with Crippen LogP contribution in [0.25, 0.3) is 0 Å². The van der Waals surface area contributed by atoms with Gasteiger partial charge in [0.25, 0.3) is 0 Å². The monoisotopic (exact) mass is 360 g/mol. The predicted molar refractivity (Wildman–Crippen MR) is 101 cm³/mol. The fourth-order valence-electron chi connectivity index (χ4n) is 2.96. The molecule has 1 aliphatic rings. The molecule has 0 aliphatic heterocycles. The summed E-state index contributed by atoms with van der Waals surface area (Å²) in [6.45, 7) is 4.12. The number of ketones is 1. The van der Waals surface area contributed by atoms with E-state index in [-0.39, 0.29) is 11.7 Å². The molecule has 7 nitrogen and oxygen atoms in total. The molecule has 8 heteroatoms. The largest absolute Gasteiger partial charge is 0.368 e. The lowest BCUT2D eigenvalue weighted by atomic mass is 10.2. The summed E-state index contributed by atoms with van der Waals surface area (Å²) >= 11 is 1.50. The van der Waals surface area contributed by atoms with E-state index in [0.29, 0.717) is 29.3 Å². The molecule has 134 valence electrons. The van der Waals surface area contributed by atoms with E-state index in [1.54, 1.807) is 4.90 Å². The Morgan fingerprint density at radius 3 is 2.68 bits per heavy atom. The van der Waals surface area contributed by atoms with Gasteiger partial charge in [-0.25, -0.2) is 0 Å². The van der Waals surface area contributed by atoms with Gasteiger partial charge in [0.05, 0.1) is 11.5 Å². The zero-order valence-electron chi connectivity index (χ0n) is 15.1. The second-order valence-corrected chi connectivity index (χ2v) is 7.59. The molecule has 2 aromatic rings. The maximum absolute atomic E-state index is 12.6. The highest BCUT2D eigenvalue weighted by atomic mass is 32.2. The van der Waals surface area contributed by atoms with Gasteiger partial charge in [0, 0.05) is 37.1 Å². The summed E-state index contributed by atoms with van der Waals surface area (Å²) in [4.78, 5) is 26.9. The lowest BCUT2D eigenvalue weighted by molar-refractivity contribution is 0.102. The number of hydrogen-bond acceptors (Lipinski definition) is 7. The van der Waals surface area contributed by atoms with Gasteiger partial charge < -0.3 is 15.2 Å². The smallest absolute Gasteiger partial charge is 0.229 e. The van der Waals surface area contributed by atoms with E-state index in [2.05, 4.69) is 26.4 Å². The molecule has 2 aromatic heterocycles. The van der Waals surface area contributed by atoms with E-state index in [1.807, 2.05) is 27.1 Å². The second kappa shape index (κ2) is 7.03. The number of nitrogens with zero attached hydrogens (tertiary/aromatic N) is 5. The number of hydrogen-bond donors (Lipinski definition) is 1. The minimum atomic E-state index is 0.153. The van der Waals surface area contributed by atoms with Crippen molar-refractivity contribution >= 4 is 29.4 Å². The van der Waals surface area contributed by atoms with Crippen molar-refractivity contribution in [3.8, 4) is 0 Å². The lowest BCUT2D eigenvalue weighted by Gasteiger charge is -2.11. The van der Waals surface area contributed by atoms with Crippen molar-refractivity contribution in [3.63, 3.8) is 0 Å². The number of carbonyl (C=O) groups excluding carboxylic acids is 1. The van der Waals surface area contributed by atoms with Crippen LogP contribution in [0.5, 0.6) is 0 Å². The van der Waals surface area contributed by atoms with Crippen molar-refractivity contribution in [1.82, 2.24) is 19.5 Å². The van der Waals surface area contributed by atoms with Crippen LogP contribution >= 0.6 is 11.8 Å². The van der Waals surface area contributed by atoms with Crippen LogP contribution in [0.2, 0.25) is 0 Å². The molecule has 0 unspecified atom stereocenters. The summed E-state index contributed by atoms with van der Waals surface area (Å²) in [6.07, 6.45) is 2.43. The Morgan fingerprint density at radius 1 is 1.32 bits per heavy atom. The van der Waals surface area contributed by atoms with Crippen molar-refractivity contribution in [3.05, 3.63) is 28.8 Å². The zero-order valence-corrected chi connectivity index (χ0v) is 15.9. The molecule has 1 aliphatic carbocycles. The topological polar surface area (TPSA) is 89.9 Å². The number of thioether (sulfide) groups is 1. The first-order chi connectivity index (χ1) is 11.9. The number of carbonyl (C=O) groups is 1. The first-order valence-electron chi connectivity index (χ1n) is 8.34. The molecule has 0 bridgehead atoms. The maximum Gasteiger partial charge on any atom is 0.229 e. The van der Waals surface area contributed by atoms with Gasteiger partial charge >= 0.3 is 0 Å². The molecular formula is C17H24N6OS. The summed E-state index contributed by atoms with van der Waals surface area (Å²) in [7, 11) is 3.70.